The number of hydrogen-bond donors (Lipinski definition) is 0. The molecule has 0 saturated carbocycles. The Morgan fingerprint density at radius 2 is 2.35 bits per heavy atom. The molecule has 2 heterocycles. The SMILES string of the molecule is CCCn1cc(Br)cc1C(=O)N1CCCC1C. The van der Waals surface area contributed by atoms with Crippen molar-refractivity contribution in [1.82, 2.24) is 9.47 Å². The summed E-state index contributed by atoms with van der Waals surface area (Å²) in [5.41, 5.74) is 0.812. The Morgan fingerprint density at radius 1 is 1.59 bits per heavy atom. The number of amides is 1. The van der Waals surface area contributed by atoms with Crippen LogP contribution in [0.5, 0.6) is 0 Å². The van der Waals surface area contributed by atoms with Gasteiger partial charge in [-0.25, -0.2) is 0 Å². The number of carbonyl (C=O) groups is 1. The molecule has 4 heteroatoms. The van der Waals surface area contributed by atoms with Crippen LogP contribution in [0, 0.1) is 0 Å². The van der Waals surface area contributed by atoms with Crippen LogP contribution in [-0.2, 0) is 6.54 Å². The maximum absolute atomic E-state index is 12.5. The second-order valence-electron chi connectivity index (χ2n) is 4.73. The lowest BCUT2D eigenvalue weighted by Gasteiger charge is -2.22. The zero-order valence-corrected chi connectivity index (χ0v) is 12.0. The minimum Gasteiger partial charge on any atom is -0.342 e. The van der Waals surface area contributed by atoms with Crippen LogP contribution in [0.2, 0.25) is 0 Å². The van der Waals surface area contributed by atoms with E-state index in [1.807, 2.05) is 17.2 Å². The summed E-state index contributed by atoms with van der Waals surface area (Å²) in [6.07, 6.45) is 5.29. The van der Waals surface area contributed by atoms with Crippen molar-refractivity contribution < 1.29 is 4.79 Å². The molecule has 1 unspecified atom stereocenters. The van der Waals surface area contributed by atoms with Gasteiger partial charge < -0.3 is 9.47 Å². The number of hydrogen-bond acceptors (Lipinski definition) is 1. The molecule has 1 aliphatic heterocycles. The molecule has 1 aliphatic rings. The Bertz CT molecular complexity index is 414. The van der Waals surface area contributed by atoms with Gasteiger partial charge in [-0.2, -0.15) is 0 Å². The van der Waals surface area contributed by atoms with Gasteiger partial charge in [0.2, 0.25) is 0 Å². The molecule has 1 amide bonds. The number of aromatic nitrogens is 1. The third kappa shape index (κ3) is 2.57. The largest absolute Gasteiger partial charge is 0.342 e. The van der Waals surface area contributed by atoms with Crippen LogP contribution in [0.1, 0.15) is 43.6 Å². The van der Waals surface area contributed by atoms with Crippen molar-refractivity contribution in [2.75, 3.05) is 6.54 Å². The lowest BCUT2D eigenvalue weighted by molar-refractivity contribution is 0.0736. The highest BCUT2D eigenvalue weighted by Gasteiger charge is 2.27. The predicted molar refractivity (Wildman–Crippen MR) is 72.2 cm³/mol. The van der Waals surface area contributed by atoms with Crippen molar-refractivity contribution in [3.05, 3.63) is 22.4 Å². The highest BCUT2D eigenvalue weighted by molar-refractivity contribution is 9.10. The summed E-state index contributed by atoms with van der Waals surface area (Å²) in [6.45, 7) is 6.05. The van der Waals surface area contributed by atoms with Gasteiger partial charge in [0.1, 0.15) is 5.69 Å². The van der Waals surface area contributed by atoms with Crippen molar-refractivity contribution in [3.8, 4) is 0 Å². The summed E-state index contributed by atoms with van der Waals surface area (Å²) < 4.78 is 3.04. The number of nitrogens with zero attached hydrogens (tertiary/aromatic N) is 2. The minimum atomic E-state index is 0.175. The molecular weight excluding hydrogens is 280 g/mol. The number of likely N-dealkylation sites (tertiary alicyclic amines) is 1. The van der Waals surface area contributed by atoms with E-state index in [4.69, 9.17) is 0 Å². The Labute approximate surface area is 111 Å². The lowest BCUT2D eigenvalue weighted by atomic mass is 10.2. The minimum absolute atomic E-state index is 0.175. The van der Waals surface area contributed by atoms with E-state index < -0.39 is 0 Å². The number of aryl methyl sites for hydroxylation is 1. The van der Waals surface area contributed by atoms with Gasteiger partial charge in [0, 0.05) is 29.8 Å². The first-order chi connectivity index (χ1) is 8.13. The molecule has 1 saturated heterocycles. The van der Waals surface area contributed by atoms with E-state index in [9.17, 15) is 4.79 Å². The number of carbonyl (C=O) groups excluding carboxylic acids is 1. The molecule has 3 nitrogen and oxygen atoms in total. The van der Waals surface area contributed by atoms with Crippen LogP contribution in [0.15, 0.2) is 16.7 Å². The topological polar surface area (TPSA) is 25.2 Å². The van der Waals surface area contributed by atoms with E-state index in [0.717, 1.165) is 42.5 Å². The normalized spacial score (nSPS) is 19.9. The van der Waals surface area contributed by atoms with E-state index in [1.165, 1.54) is 0 Å². The summed E-state index contributed by atoms with van der Waals surface area (Å²) in [7, 11) is 0. The molecule has 0 radical (unpaired) electrons. The van der Waals surface area contributed by atoms with Gasteiger partial charge in [0.15, 0.2) is 0 Å². The van der Waals surface area contributed by atoms with Crippen molar-refractivity contribution in [2.24, 2.45) is 0 Å². The van der Waals surface area contributed by atoms with Crippen LogP contribution < -0.4 is 0 Å². The molecule has 0 bridgehead atoms. The third-order valence-electron chi connectivity index (χ3n) is 3.36. The molecule has 17 heavy (non-hydrogen) atoms. The van der Waals surface area contributed by atoms with E-state index in [2.05, 4.69) is 34.3 Å². The van der Waals surface area contributed by atoms with Crippen LogP contribution in [-0.4, -0.2) is 28.0 Å². The summed E-state index contributed by atoms with van der Waals surface area (Å²) in [6, 6.07) is 2.31. The highest BCUT2D eigenvalue weighted by atomic mass is 79.9. The van der Waals surface area contributed by atoms with Crippen molar-refractivity contribution in [2.45, 2.75) is 45.7 Å². The van der Waals surface area contributed by atoms with Gasteiger partial charge in [-0.1, -0.05) is 6.92 Å². The zero-order chi connectivity index (χ0) is 12.4. The molecule has 94 valence electrons. The number of halogens is 1. The molecule has 0 spiro atoms. The van der Waals surface area contributed by atoms with Crippen LogP contribution in [0.3, 0.4) is 0 Å². The zero-order valence-electron chi connectivity index (χ0n) is 10.4. The average Bonchev–Trinajstić information content (AvgIpc) is 2.85. The first-order valence-electron chi connectivity index (χ1n) is 6.30. The molecule has 1 atom stereocenters. The lowest BCUT2D eigenvalue weighted by Crippen LogP contribution is -2.34. The van der Waals surface area contributed by atoms with Crippen molar-refractivity contribution in [3.63, 3.8) is 0 Å². The highest BCUT2D eigenvalue weighted by Crippen LogP contribution is 2.22. The number of rotatable bonds is 3. The molecule has 1 aromatic heterocycles. The van der Waals surface area contributed by atoms with E-state index in [-0.39, 0.29) is 5.91 Å². The van der Waals surface area contributed by atoms with Crippen molar-refractivity contribution >= 4 is 21.8 Å². The van der Waals surface area contributed by atoms with E-state index in [1.54, 1.807) is 0 Å². The summed E-state index contributed by atoms with van der Waals surface area (Å²) in [5.74, 6) is 0.175. The quantitative estimate of drug-likeness (QED) is 0.841. The Kier molecular flexibility index (Phi) is 3.92. The smallest absolute Gasteiger partial charge is 0.270 e. The van der Waals surface area contributed by atoms with Gasteiger partial charge in [-0.05, 0) is 48.2 Å². The summed E-state index contributed by atoms with van der Waals surface area (Å²) >= 11 is 3.45. The van der Waals surface area contributed by atoms with Gasteiger partial charge in [0.25, 0.3) is 5.91 Å². The van der Waals surface area contributed by atoms with E-state index >= 15 is 0 Å². The molecule has 1 aromatic rings. The predicted octanol–water partition coefficient (Wildman–Crippen LogP) is 3.29. The average molecular weight is 299 g/mol. The molecular formula is C13H19BrN2O. The van der Waals surface area contributed by atoms with Gasteiger partial charge in [-0.15, -0.1) is 0 Å². The fourth-order valence-corrected chi connectivity index (χ4v) is 2.93. The fraction of sp³-hybridized carbons (Fsp3) is 0.615. The molecule has 0 aromatic carbocycles. The summed E-state index contributed by atoms with van der Waals surface area (Å²) in [5, 5.41) is 0. The Hall–Kier alpha value is -0.770. The van der Waals surface area contributed by atoms with Gasteiger partial charge in [-0.3, -0.25) is 4.79 Å². The Morgan fingerprint density at radius 3 is 2.94 bits per heavy atom. The fourth-order valence-electron chi connectivity index (χ4n) is 2.46. The van der Waals surface area contributed by atoms with E-state index in [0.29, 0.717) is 6.04 Å². The summed E-state index contributed by atoms with van der Waals surface area (Å²) in [4.78, 5) is 14.4. The molecule has 2 rings (SSSR count). The Balaban J connectivity index is 2.23. The monoisotopic (exact) mass is 298 g/mol. The van der Waals surface area contributed by atoms with Gasteiger partial charge >= 0.3 is 0 Å². The van der Waals surface area contributed by atoms with Crippen LogP contribution in [0.25, 0.3) is 0 Å². The maximum atomic E-state index is 12.5. The first-order valence-corrected chi connectivity index (χ1v) is 7.09. The van der Waals surface area contributed by atoms with Gasteiger partial charge in [0.05, 0.1) is 0 Å². The molecule has 1 fully saturated rings. The maximum Gasteiger partial charge on any atom is 0.270 e. The standard InChI is InChI=1S/C13H19BrN2O/c1-3-6-15-9-11(14)8-12(15)13(17)16-7-4-5-10(16)2/h8-10H,3-7H2,1-2H3. The molecule has 0 aliphatic carbocycles. The third-order valence-corrected chi connectivity index (χ3v) is 3.79. The van der Waals surface area contributed by atoms with Crippen molar-refractivity contribution in [1.29, 1.82) is 0 Å². The van der Waals surface area contributed by atoms with Crippen LogP contribution >= 0.6 is 15.9 Å². The second kappa shape index (κ2) is 5.25. The second-order valence-corrected chi connectivity index (χ2v) is 5.64. The van der Waals surface area contributed by atoms with Crippen LogP contribution in [0.4, 0.5) is 0 Å². The molecule has 0 N–H and O–H groups in total. The first kappa shape index (κ1) is 12.7.